The minimum absolute atomic E-state index is 0.00738. The summed E-state index contributed by atoms with van der Waals surface area (Å²) in [6.07, 6.45) is 4.36. The molecule has 2 rings (SSSR count). The highest BCUT2D eigenvalue weighted by Gasteiger charge is 2.14. The van der Waals surface area contributed by atoms with Gasteiger partial charge in [-0.3, -0.25) is 25.8 Å². The van der Waals surface area contributed by atoms with Crippen molar-refractivity contribution in [2.75, 3.05) is 6.61 Å². The van der Waals surface area contributed by atoms with Crippen molar-refractivity contribution < 1.29 is 14.3 Å². The van der Waals surface area contributed by atoms with Crippen molar-refractivity contribution in [2.45, 2.75) is 32.6 Å². The van der Waals surface area contributed by atoms with Crippen LogP contribution in [0.2, 0.25) is 0 Å². The molecule has 0 aliphatic carbocycles. The molecule has 0 heterocycles. The Hall–Kier alpha value is -2.93. The van der Waals surface area contributed by atoms with Crippen LogP contribution in [0.15, 0.2) is 54.6 Å². The molecule has 0 atom stereocenters. The number of hydrazine groups is 1. The van der Waals surface area contributed by atoms with E-state index in [4.69, 9.17) is 17.0 Å². The highest BCUT2D eigenvalue weighted by molar-refractivity contribution is 7.80. The number of unbranched alkanes of at least 4 members (excludes halogenated alkanes) is 3. The number of benzene rings is 2. The Morgan fingerprint density at radius 2 is 1.61 bits per heavy atom. The summed E-state index contributed by atoms with van der Waals surface area (Å²) in [6.45, 7) is 2.71. The molecule has 28 heavy (non-hydrogen) atoms. The second kappa shape index (κ2) is 11.7. The van der Waals surface area contributed by atoms with Crippen LogP contribution in [0.1, 0.15) is 53.3 Å². The lowest BCUT2D eigenvalue weighted by atomic mass is 10.2. The Morgan fingerprint density at radius 1 is 0.893 bits per heavy atom. The molecule has 3 N–H and O–H groups in total. The van der Waals surface area contributed by atoms with E-state index in [1.807, 2.05) is 12.1 Å². The van der Waals surface area contributed by atoms with Crippen LogP contribution in [0.3, 0.4) is 0 Å². The zero-order valence-electron chi connectivity index (χ0n) is 15.9. The molecular weight excluding hydrogens is 374 g/mol. The minimum atomic E-state index is -0.407. The van der Waals surface area contributed by atoms with Gasteiger partial charge in [-0.05, 0) is 42.9 Å². The molecule has 0 aliphatic rings. The standard InChI is InChI=1S/C21H25N3O3S/c1-2-3-4-10-15-27-18-14-9-8-13-17(18)20(26)22-21(28)24-23-19(25)16-11-6-5-7-12-16/h5-9,11-14H,2-4,10,15H2,1H3,(H,23,25)(H2,22,24,26,28). The van der Waals surface area contributed by atoms with Gasteiger partial charge in [0.2, 0.25) is 0 Å². The Labute approximate surface area is 170 Å². The summed E-state index contributed by atoms with van der Waals surface area (Å²) in [7, 11) is 0. The minimum Gasteiger partial charge on any atom is -0.493 e. The molecule has 0 saturated heterocycles. The van der Waals surface area contributed by atoms with Crippen molar-refractivity contribution in [1.82, 2.24) is 16.2 Å². The highest BCUT2D eigenvalue weighted by atomic mass is 32.1. The number of carbonyl (C=O) groups is 2. The number of amides is 2. The number of para-hydroxylation sites is 1. The zero-order chi connectivity index (χ0) is 20.2. The molecule has 6 nitrogen and oxygen atoms in total. The van der Waals surface area contributed by atoms with E-state index in [0.29, 0.717) is 23.5 Å². The Balaban J connectivity index is 1.84. The molecule has 0 saturated carbocycles. The zero-order valence-corrected chi connectivity index (χ0v) is 16.7. The average Bonchev–Trinajstić information content (AvgIpc) is 2.72. The Kier molecular flexibility index (Phi) is 8.94. The van der Waals surface area contributed by atoms with Crippen LogP contribution in [0, 0.1) is 0 Å². The van der Waals surface area contributed by atoms with E-state index < -0.39 is 5.91 Å². The first-order chi connectivity index (χ1) is 13.6. The van der Waals surface area contributed by atoms with E-state index >= 15 is 0 Å². The fraction of sp³-hybridized carbons (Fsp3) is 0.286. The largest absolute Gasteiger partial charge is 0.493 e. The topological polar surface area (TPSA) is 79.5 Å². The van der Waals surface area contributed by atoms with Gasteiger partial charge in [0, 0.05) is 5.56 Å². The number of ether oxygens (including phenoxy) is 1. The first-order valence-electron chi connectivity index (χ1n) is 9.30. The number of hydrogen-bond donors (Lipinski definition) is 3. The third-order valence-corrected chi connectivity index (χ3v) is 4.14. The maximum Gasteiger partial charge on any atom is 0.269 e. The summed E-state index contributed by atoms with van der Waals surface area (Å²) in [4.78, 5) is 24.5. The van der Waals surface area contributed by atoms with Gasteiger partial charge in [0.05, 0.1) is 12.2 Å². The first kappa shape index (κ1) is 21.4. The van der Waals surface area contributed by atoms with E-state index in [1.165, 1.54) is 6.42 Å². The predicted molar refractivity (Wildman–Crippen MR) is 113 cm³/mol. The quantitative estimate of drug-likeness (QED) is 0.359. The van der Waals surface area contributed by atoms with Crippen molar-refractivity contribution in [3.63, 3.8) is 0 Å². The van der Waals surface area contributed by atoms with E-state index in [1.54, 1.807) is 42.5 Å². The monoisotopic (exact) mass is 399 g/mol. The van der Waals surface area contributed by atoms with Crippen molar-refractivity contribution in [1.29, 1.82) is 0 Å². The lowest BCUT2D eigenvalue weighted by molar-refractivity contribution is 0.0933. The van der Waals surface area contributed by atoms with Crippen LogP contribution in [-0.2, 0) is 0 Å². The lowest BCUT2D eigenvalue weighted by Crippen LogP contribution is -2.48. The molecule has 7 heteroatoms. The molecule has 2 aromatic rings. The summed E-state index contributed by atoms with van der Waals surface area (Å²) in [5.74, 6) is -0.253. The molecule has 2 aromatic carbocycles. The van der Waals surface area contributed by atoms with Gasteiger partial charge in [-0.15, -0.1) is 0 Å². The average molecular weight is 400 g/mol. The van der Waals surface area contributed by atoms with Crippen molar-refractivity contribution in [2.24, 2.45) is 0 Å². The number of nitrogens with one attached hydrogen (secondary N) is 3. The smallest absolute Gasteiger partial charge is 0.269 e. The predicted octanol–water partition coefficient (Wildman–Crippen LogP) is 3.60. The number of carbonyl (C=O) groups excluding carboxylic acids is 2. The van der Waals surface area contributed by atoms with Crippen LogP contribution < -0.4 is 20.9 Å². The molecule has 148 valence electrons. The second-order valence-corrected chi connectivity index (χ2v) is 6.54. The summed E-state index contributed by atoms with van der Waals surface area (Å²) in [5.41, 5.74) is 5.84. The van der Waals surface area contributed by atoms with E-state index in [9.17, 15) is 9.59 Å². The summed E-state index contributed by atoms with van der Waals surface area (Å²) in [6, 6.07) is 15.7. The van der Waals surface area contributed by atoms with Gasteiger partial charge < -0.3 is 4.74 Å². The van der Waals surface area contributed by atoms with Crippen LogP contribution >= 0.6 is 12.2 Å². The van der Waals surface area contributed by atoms with Gasteiger partial charge in [-0.1, -0.05) is 56.5 Å². The third-order valence-electron chi connectivity index (χ3n) is 3.94. The number of rotatable bonds is 8. The Morgan fingerprint density at radius 3 is 2.36 bits per heavy atom. The van der Waals surface area contributed by atoms with E-state index in [0.717, 1.165) is 19.3 Å². The maximum atomic E-state index is 12.5. The number of thiocarbonyl (C=S) groups is 1. The third kappa shape index (κ3) is 7.00. The SMILES string of the molecule is CCCCCCOc1ccccc1C(=O)NC(=S)NNC(=O)c1ccccc1. The van der Waals surface area contributed by atoms with Gasteiger partial charge in [-0.2, -0.15) is 0 Å². The van der Waals surface area contributed by atoms with Crippen LogP contribution in [0.4, 0.5) is 0 Å². The molecule has 2 amide bonds. The van der Waals surface area contributed by atoms with Crippen molar-refractivity contribution in [3.8, 4) is 5.75 Å². The molecule has 0 spiro atoms. The summed E-state index contributed by atoms with van der Waals surface area (Å²) in [5, 5.41) is 2.53. The molecule has 0 unspecified atom stereocenters. The number of hydrogen-bond acceptors (Lipinski definition) is 4. The van der Waals surface area contributed by atoms with Crippen LogP contribution in [0.5, 0.6) is 5.75 Å². The molecule has 0 bridgehead atoms. The molecule has 0 radical (unpaired) electrons. The van der Waals surface area contributed by atoms with E-state index in [2.05, 4.69) is 23.1 Å². The molecule has 0 aliphatic heterocycles. The Bertz CT molecular complexity index is 796. The fourth-order valence-electron chi connectivity index (χ4n) is 2.47. The molecular formula is C21H25N3O3S. The van der Waals surface area contributed by atoms with Gasteiger partial charge in [0.1, 0.15) is 5.75 Å². The summed E-state index contributed by atoms with van der Waals surface area (Å²) < 4.78 is 5.75. The molecule has 0 aromatic heterocycles. The van der Waals surface area contributed by atoms with E-state index in [-0.39, 0.29) is 11.0 Å². The second-order valence-electron chi connectivity index (χ2n) is 6.13. The lowest BCUT2D eigenvalue weighted by Gasteiger charge is -2.13. The van der Waals surface area contributed by atoms with Gasteiger partial charge >= 0.3 is 0 Å². The van der Waals surface area contributed by atoms with Gasteiger partial charge in [0.15, 0.2) is 5.11 Å². The first-order valence-corrected chi connectivity index (χ1v) is 9.71. The van der Waals surface area contributed by atoms with Crippen LogP contribution in [0.25, 0.3) is 0 Å². The fourth-order valence-corrected chi connectivity index (χ4v) is 2.61. The maximum absolute atomic E-state index is 12.5. The van der Waals surface area contributed by atoms with Gasteiger partial charge in [0.25, 0.3) is 11.8 Å². The van der Waals surface area contributed by atoms with Crippen LogP contribution in [-0.4, -0.2) is 23.5 Å². The summed E-state index contributed by atoms with van der Waals surface area (Å²) >= 11 is 5.08. The molecule has 0 fully saturated rings. The normalized spacial score (nSPS) is 10.0. The van der Waals surface area contributed by atoms with Crippen molar-refractivity contribution >= 4 is 29.1 Å². The highest BCUT2D eigenvalue weighted by Crippen LogP contribution is 2.18. The van der Waals surface area contributed by atoms with Crippen molar-refractivity contribution in [3.05, 3.63) is 65.7 Å². The van der Waals surface area contributed by atoms with Gasteiger partial charge in [-0.25, -0.2) is 0 Å².